The van der Waals surface area contributed by atoms with Gasteiger partial charge < -0.3 is 0 Å². The van der Waals surface area contributed by atoms with Gasteiger partial charge in [0, 0.05) is 0 Å². The third kappa shape index (κ3) is 4.37. The Hall–Kier alpha value is -2.78. The number of hydrogen-bond donors (Lipinski definition) is 1. The molecule has 0 aliphatic carbocycles. The van der Waals surface area contributed by atoms with Crippen molar-refractivity contribution in [2.75, 3.05) is 6.54 Å². The van der Waals surface area contributed by atoms with Crippen molar-refractivity contribution in [3.63, 3.8) is 0 Å². The number of aliphatic imine (C=N–C) groups is 1. The molecule has 0 radical (unpaired) electrons. The van der Waals surface area contributed by atoms with E-state index in [2.05, 4.69) is 53.6 Å². The second-order valence-corrected chi connectivity index (χ2v) is 15.7. The van der Waals surface area contributed by atoms with E-state index in [1.54, 1.807) is 0 Å². The molecule has 28 heavy (non-hydrogen) atoms. The summed E-state index contributed by atoms with van der Waals surface area (Å²) in [4.78, 5) is 4.51. The Balaban J connectivity index is 2.26. The van der Waals surface area contributed by atoms with Crippen molar-refractivity contribution in [2.24, 2.45) is 4.99 Å². The van der Waals surface area contributed by atoms with Crippen LogP contribution in [0.3, 0.4) is 0 Å². The predicted octanol–water partition coefficient (Wildman–Crippen LogP) is 2.51. The first-order valence-corrected chi connectivity index (χ1v) is 14.8. The van der Waals surface area contributed by atoms with Crippen LogP contribution in [0.1, 0.15) is 13.3 Å². The monoisotopic (exact) mass is 477 g/mol. The first-order chi connectivity index (χ1) is 13.8. The van der Waals surface area contributed by atoms with Crippen LogP contribution in [0.15, 0.2) is 96.0 Å². The molecule has 0 bridgehead atoms. The Morgan fingerprint density at radius 1 is 0.857 bits per heavy atom. The van der Waals surface area contributed by atoms with Gasteiger partial charge in [-0.1, -0.05) is 0 Å². The van der Waals surface area contributed by atoms with Crippen LogP contribution in [-0.2, 0) is 3.07 Å². The van der Waals surface area contributed by atoms with Crippen LogP contribution in [0.25, 0.3) is 0 Å². The molecule has 0 saturated carbocycles. The van der Waals surface area contributed by atoms with Crippen molar-refractivity contribution in [2.45, 2.75) is 13.3 Å². The van der Waals surface area contributed by atoms with E-state index >= 15 is 0 Å². The molecule has 0 atom stereocenters. The number of nitriles is 1. The summed E-state index contributed by atoms with van der Waals surface area (Å²) >= 11 is -3.93. The van der Waals surface area contributed by atoms with E-state index in [1.807, 2.05) is 60.8 Å². The quantitative estimate of drug-likeness (QED) is 0.196. The molecule has 140 valence electrons. The summed E-state index contributed by atoms with van der Waals surface area (Å²) in [6.07, 6.45) is 2.86. The zero-order valence-electron chi connectivity index (χ0n) is 15.9. The first-order valence-electron chi connectivity index (χ1n) is 9.36. The molecular formula is C23H23N3OSn. The topological polar surface area (TPSA) is 57.4 Å². The van der Waals surface area contributed by atoms with Crippen molar-refractivity contribution in [3.8, 4) is 6.19 Å². The number of nitrogens with zero attached hydrogens (tertiary/aromatic N) is 2. The average Bonchev–Trinajstić information content (AvgIpc) is 2.77. The van der Waals surface area contributed by atoms with Gasteiger partial charge in [0.25, 0.3) is 0 Å². The van der Waals surface area contributed by atoms with E-state index in [-0.39, 0.29) is 0 Å². The predicted molar refractivity (Wildman–Crippen MR) is 116 cm³/mol. The Kier molecular flexibility index (Phi) is 7.10. The fraction of sp³-hybridized carbons (Fsp3) is 0.130. The molecule has 0 spiro atoms. The molecule has 0 saturated heterocycles. The molecule has 5 heteroatoms. The van der Waals surface area contributed by atoms with Gasteiger partial charge in [0.2, 0.25) is 0 Å². The summed E-state index contributed by atoms with van der Waals surface area (Å²) in [7, 11) is 0. The molecule has 0 aromatic heterocycles. The van der Waals surface area contributed by atoms with Crippen LogP contribution >= 0.6 is 0 Å². The Labute approximate surface area is 170 Å². The van der Waals surface area contributed by atoms with Crippen molar-refractivity contribution < 1.29 is 3.07 Å². The molecular weight excluding hydrogens is 453 g/mol. The second kappa shape index (κ2) is 9.95. The SMILES string of the molecule is CCCN=C(NC#N)[O][Sn]([c]1ccccc1)([c]1ccccc1)[c]1ccccc1. The van der Waals surface area contributed by atoms with Gasteiger partial charge in [0.15, 0.2) is 0 Å². The standard InChI is InChI=1S/3C6H5.C5H9N3O.Sn/c3*1-2-4-6-5-3-1;1-2-3-7-5(9)8-4-6;/h3*1-5H;2-3H2,1H3,(H2,7,8,9);/q;;;;+1/p-1. The maximum absolute atomic E-state index is 9.25. The van der Waals surface area contributed by atoms with Crippen LogP contribution in [0, 0.1) is 11.5 Å². The Morgan fingerprint density at radius 2 is 1.29 bits per heavy atom. The normalized spacial score (nSPS) is 11.5. The van der Waals surface area contributed by atoms with Gasteiger partial charge in [-0.15, -0.1) is 0 Å². The molecule has 0 unspecified atom stereocenters. The fourth-order valence-electron chi connectivity index (χ4n) is 3.20. The van der Waals surface area contributed by atoms with Crippen molar-refractivity contribution >= 4 is 35.6 Å². The van der Waals surface area contributed by atoms with E-state index in [9.17, 15) is 5.26 Å². The van der Waals surface area contributed by atoms with E-state index in [0.29, 0.717) is 12.6 Å². The molecule has 3 aromatic rings. The fourth-order valence-corrected chi connectivity index (χ4v) is 13.9. The number of rotatable bonds is 6. The summed E-state index contributed by atoms with van der Waals surface area (Å²) in [6.45, 7) is 2.65. The molecule has 1 N–H and O–H groups in total. The number of benzene rings is 3. The summed E-state index contributed by atoms with van der Waals surface area (Å²) in [5, 5.41) is 11.9. The molecule has 3 rings (SSSR count). The van der Waals surface area contributed by atoms with Crippen molar-refractivity contribution in [3.05, 3.63) is 91.0 Å². The zero-order valence-corrected chi connectivity index (χ0v) is 18.7. The summed E-state index contributed by atoms with van der Waals surface area (Å²) in [5.74, 6) is 0. The minimum atomic E-state index is -3.93. The van der Waals surface area contributed by atoms with Gasteiger partial charge in [0.05, 0.1) is 0 Å². The number of nitrogens with one attached hydrogen (secondary N) is 1. The number of hydrogen-bond acceptors (Lipinski definition) is 3. The average molecular weight is 476 g/mol. The minimum absolute atomic E-state index is 0.303. The summed E-state index contributed by atoms with van der Waals surface area (Å²) < 4.78 is 10.3. The van der Waals surface area contributed by atoms with Crippen molar-refractivity contribution in [1.29, 1.82) is 5.26 Å². The maximum atomic E-state index is 9.25. The van der Waals surface area contributed by atoms with Crippen LogP contribution in [0.5, 0.6) is 0 Å². The van der Waals surface area contributed by atoms with Gasteiger partial charge in [-0.25, -0.2) is 0 Å². The molecule has 0 aliphatic rings. The van der Waals surface area contributed by atoms with E-state index < -0.39 is 18.8 Å². The third-order valence-corrected chi connectivity index (χ3v) is 15.7. The van der Waals surface area contributed by atoms with Crippen LogP contribution in [0.4, 0.5) is 0 Å². The molecule has 0 heterocycles. The van der Waals surface area contributed by atoms with E-state index in [1.165, 1.54) is 0 Å². The molecule has 4 nitrogen and oxygen atoms in total. The molecule has 0 amide bonds. The first kappa shape index (κ1) is 20.0. The third-order valence-electron chi connectivity index (χ3n) is 4.43. The van der Waals surface area contributed by atoms with Gasteiger partial charge in [0.1, 0.15) is 0 Å². The summed E-state index contributed by atoms with van der Waals surface area (Å²) in [6, 6.07) is 31.3. The molecule has 0 fully saturated rings. The van der Waals surface area contributed by atoms with Gasteiger partial charge in [-0.2, -0.15) is 0 Å². The van der Waals surface area contributed by atoms with E-state index in [0.717, 1.165) is 17.2 Å². The molecule has 3 aromatic carbocycles. The van der Waals surface area contributed by atoms with Gasteiger partial charge >= 0.3 is 171 Å². The van der Waals surface area contributed by atoms with E-state index in [4.69, 9.17) is 3.07 Å². The Bertz CT molecular complexity index is 841. The zero-order chi connectivity index (χ0) is 19.7. The van der Waals surface area contributed by atoms with Crippen molar-refractivity contribution in [1.82, 2.24) is 5.32 Å². The summed E-state index contributed by atoms with van der Waals surface area (Å²) in [5.41, 5.74) is 0. The van der Waals surface area contributed by atoms with Gasteiger partial charge in [-0.05, 0) is 0 Å². The van der Waals surface area contributed by atoms with Crippen LogP contribution < -0.4 is 16.1 Å². The number of amidine groups is 1. The Morgan fingerprint density at radius 3 is 1.64 bits per heavy atom. The second-order valence-electron chi connectivity index (χ2n) is 6.31. The molecule has 0 aliphatic heterocycles. The van der Waals surface area contributed by atoms with Gasteiger partial charge in [-0.3, -0.25) is 0 Å². The van der Waals surface area contributed by atoms with Crippen LogP contribution in [-0.4, -0.2) is 31.4 Å². The van der Waals surface area contributed by atoms with Crippen LogP contribution in [0.2, 0.25) is 0 Å².